The van der Waals surface area contributed by atoms with E-state index in [4.69, 9.17) is 9.47 Å². The van der Waals surface area contributed by atoms with Crippen LogP contribution < -0.4 is 10.6 Å². The molecule has 0 unspecified atom stereocenters. The second-order valence-corrected chi connectivity index (χ2v) is 7.85. The monoisotopic (exact) mass is 384 g/mol. The molecule has 3 aromatic carbocycles. The highest BCUT2D eigenvalue weighted by atomic mass is 32.2. The van der Waals surface area contributed by atoms with Gasteiger partial charge in [-0.05, 0) is 10.8 Å². The van der Waals surface area contributed by atoms with E-state index in [0.717, 1.165) is 39.7 Å². The summed E-state index contributed by atoms with van der Waals surface area (Å²) in [6, 6.07) is 11.3. The number of hydrogen-bond donors (Lipinski definition) is 0. The number of benzene rings is 2. The van der Waals surface area contributed by atoms with Crippen molar-refractivity contribution >= 4 is 61.2 Å². The molecule has 0 spiro atoms. The number of hydrogen-bond acceptors (Lipinski definition) is 7. The quantitative estimate of drug-likeness (QED) is 0.629. The van der Waals surface area contributed by atoms with E-state index in [9.17, 15) is 14.4 Å². The number of rotatable bonds is 2. The minimum Gasteiger partial charge on any atom is -0.465 e. The van der Waals surface area contributed by atoms with E-state index in [1.54, 1.807) is 6.07 Å². The zero-order valence-corrected chi connectivity index (χ0v) is 15.5. The summed E-state index contributed by atoms with van der Waals surface area (Å²) >= 11 is 2.15. The van der Waals surface area contributed by atoms with E-state index >= 15 is 0 Å². The van der Waals surface area contributed by atoms with E-state index in [1.807, 2.05) is 30.3 Å². The van der Waals surface area contributed by atoms with E-state index in [-0.39, 0.29) is 15.2 Å². The van der Waals surface area contributed by atoms with Crippen molar-refractivity contribution in [3.05, 3.63) is 61.7 Å². The van der Waals surface area contributed by atoms with Gasteiger partial charge in [0.2, 0.25) is 0 Å². The van der Waals surface area contributed by atoms with Gasteiger partial charge in [-0.2, -0.15) is 0 Å². The maximum Gasteiger partial charge on any atom is 0.346 e. The first-order chi connectivity index (χ1) is 12.6. The van der Waals surface area contributed by atoms with Crippen molar-refractivity contribution in [3.63, 3.8) is 0 Å². The minimum atomic E-state index is -0.625. The second-order valence-electron chi connectivity index (χ2n) is 5.55. The average molecular weight is 384 g/mol. The zero-order chi connectivity index (χ0) is 18.4. The van der Waals surface area contributed by atoms with Gasteiger partial charge in [-0.3, -0.25) is 4.79 Å². The Labute approximate surface area is 156 Å². The molecule has 5 nitrogen and oxygen atoms in total. The van der Waals surface area contributed by atoms with Crippen LogP contribution >= 0.6 is 23.5 Å². The largest absolute Gasteiger partial charge is 0.465 e. The molecule has 1 aliphatic rings. The smallest absolute Gasteiger partial charge is 0.346 e. The van der Waals surface area contributed by atoms with Gasteiger partial charge in [-0.15, -0.1) is 0 Å². The maximum atomic E-state index is 13.0. The molecular formula is C19H12O5S2. The fraction of sp³-hybridized carbons (Fsp3) is 0.105. The zero-order valence-electron chi connectivity index (χ0n) is 13.8. The maximum absolute atomic E-state index is 13.0. The third-order valence-corrected chi connectivity index (χ3v) is 6.75. The Morgan fingerprint density at radius 3 is 1.92 bits per heavy atom. The Balaban J connectivity index is 2.02. The van der Waals surface area contributed by atoms with Gasteiger partial charge in [-0.1, -0.05) is 59.9 Å². The van der Waals surface area contributed by atoms with Crippen molar-refractivity contribution in [1.82, 2.24) is 0 Å². The summed E-state index contributed by atoms with van der Waals surface area (Å²) in [5.41, 5.74) is -0.109. The van der Waals surface area contributed by atoms with Crippen LogP contribution in [0.4, 0.5) is 0 Å². The average Bonchev–Trinajstić information content (AvgIpc) is 3.22. The molecule has 0 fully saturated rings. The van der Waals surface area contributed by atoms with Crippen LogP contribution in [-0.4, -0.2) is 26.2 Å². The number of methoxy groups -OCH3 is 2. The van der Waals surface area contributed by atoms with Crippen LogP contribution in [-0.2, 0) is 19.1 Å². The lowest BCUT2D eigenvalue weighted by Gasteiger charge is -2.00. The molecule has 0 amide bonds. The van der Waals surface area contributed by atoms with Crippen molar-refractivity contribution in [2.45, 2.75) is 0 Å². The van der Waals surface area contributed by atoms with E-state index < -0.39 is 11.9 Å². The van der Waals surface area contributed by atoms with Gasteiger partial charge in [0.25, 0.3) is 0 Å². The molecule has 1 aliphatic heterocycles. The molecule has 4 rings (SSSR count). The Kier molecular flexibility index (Phi) is 4.13. The molecule has 0 aromatic heterocycles. The number of esters is 2. The van der Waals surface area contributed by atoms with Crippen molar-refractivity contribution in [1.29, 1.82) is 0 Å². The first-order valence-corrected chi connectivity index (χ1v) is 9.27. The van der Waals surface area contributed by atoms with Gasteiger partial charge < -0.3 is 9.47 Å². The SMILES string of the molecule is COC(=O)C1=C(C(=O)OC)SC(=c2c(=O)c3cccc4cccc2c43)S1. The van der Waals surface area contributed by atoms with Gasteiger partial charge in [0, 0.05) is 10.8 Å². The summed E-state index contributed by atoms with van der Waals surface area (Å²) in [7, 11) is 2.50. The van der Waals surface area contributed by atoms with E-state index in [2.05, 4.69) is 0 Å². The molecule has 0 aliphatic carbocycles. The molecule has 130 valence electrons. The second kappa shape index (κ2) is 6.34. The first-order valence-electron chi connectivity index (χ1n) is 7.64. The van der Waals surface area contributed by atoms with Crippen LogP contribution in [0.15, 0.2) is 51.0 Å². The molecule has 0 N–H and O–H groups in total. The van der Waals surface area contributed by atoms with Crippen LogP contribution in [0.1, 0.15) is 0 Å². The topological polar surface area (TPSA) is 69.7 Å². The lowest BCUT2D eigenvalue weighted by atomic mass is 10.1. The summed E-state index contributed by atoms with van der Waals surface area (Å²) in [4.78, 5) is 37.4. The van der Waals surface area contributed by atoms with Crippen molar-refractivity contribution < 1.29 is 19.1 Å². The molecule has 0 radical (unpaired) electrons. The standard InChI is InChI=1S/C19H12O5S2/c1-23-17(21)15-16(18(22)24-2)26-19(25-15)13-10-7-3-5-9-6-4-8-11(12(9)10)14(13)20/h3-8H,1-2H3. The highest BCUT2D eigenvalue weighted by Crippen LogP contribution is 2.50. The number of carbonyl (C=O) groups is 2. The van der Waals surface area contributed by atoms with Crippen molar-refractivity contribution in [3.8, 4) is 0 Å². The molecule has 7 heteroatoms. The van der Waals surface area contributed by atoms with E-state index in [1.165, 1.54) is 14.2 Å². The summed E-state index contributed by atoms with van der Waals surface area (Å²) < 4.78 is 10.1. The highest BCUT2D eigenvalue weighted by Gasteiger charge is 2.33. The first kappa shape index (κ1) is 16.9. The fourth-order valence-corrected chi connectivity index (χ4v) is 5.64. The molecule has 1 heterocycles. The lowest BCUT2D eigenvalue weighted by molar-refractivity contribution is -0.138. The van der Waals surface area contributed by atoms with Crippen LogP contribution in [0.5, 0.6) is 0 Å². The predicted octanol–water partition coefficient (Wildman–Crippen LogP) is 2.61. The van der Waals surface area contributed by atoms with Crippen molar-refractivity contribution in [2.24, 2.45) is 0 Å². The van der Waals surface area contributed by atoms with E-state index in [0.29, 0.717) is 14.8 Å². The Hall–Kier alpha value is -2.51. The normalized spacial score (nSPS) is 14.5. The summed E-state index contributed by atoms with van der Waals surface area (Å²) in [6.07, 6.45) is 0. The number of ether oxygens (including phenoxy) is 2. The molecule has 3 aromatic rings. The third kappa shape index (κ3) is 2.39. The van der Waals surface area contributed by atoms with Crippen LogP contribution in [0, 0.1) is 0 Å². The Morgan fingerprint density at radius 2 is 1.38 bits per heavy atom. The number of thioether (sulfide) groups is 2. The fourth-order valence-electron chi connectivity index (χ4n) is 3.05. The van der Waals surface area contributed by atoms with Crippen LogP contribution in [0.3, 0.4) is 0 Å². The molecule has 0 saturated carbocycles. The molecule has 0 saturated heterocycles. The Bertz CT molecular complexity index is 1180. The minimum absolute atomic E-state index is 0.109. The highest BCUT2D eigenvalue weighted by molar-refractivity contribution is 8.36. The van der Waals surface area contributed by atoms with Gasteiger partial charge in [0.05, 0.1) is 23.7 Å². The van der Waals surface area contributed by atoms with Crippen LogP contribution in [0.25, 0.3) is 25.8 Å². The summed E-state index contributed by atoms with van der Waals surface area (Å²) in [6.45, 7) is 0. The van der Waals surface area contributed by atoms with Gasteiger partial charge >= 0.3 is 11.9 Å². The molecule has 0 bridgehead atoms. The van der Waals surface area contributed by atoms with Gasteiger partial charge in [-0.25, -0.2) is 9.59 Å². The molecule has 0 atom stereocenters. The lowest BCUT2D eigenvalue weighted by Crippen LogP contribution is -2.20. The summed E-state index contributed by atoms with van der Waals surface area (Å²) in [5, 5.41) is 3.83. The predicted molar refractivity (Wildman–Crippen MR) is 104 cm³/mol. The molecule has 26 heavy (non-hydrogen) atoms. The number of carbonyl (C=O) groups excluding carboxylic acids is 2. The molecular weight excluding hydrogens is 372 g/mol. The summed E-state index contributed by atoms with van der Waals surface area (Å²) in [5.74, 6) is -1.25. The van der Waals surface area contributed by atoms with Gasteiger partial charge in [0.1, 0.15) is 9.81 Å². The van der Waals surface area contributed by atoms with Gasteiger partial charge in [0.15, 0.2) is 5.43 Å². The van der Waals surface area contributed by atoms with Crippen LogP contribution in [0.2, 0.25) is 0 Å². The third-order valence-electron chi connectivity index (χ3n) is 4.19. The Morgan fingerprint density at radius 1 is 0.846 bits per heavy atom. The van der Waals surface area contributed by atoms with Crippen molar-refractivity contribution in [2.75, 3.05) is 14.2 Å².